The van der Waals surface area contributed by atoms with E-state index in [4.69, 9.17) is 26.4 Å². The van der Waals surface area contributed by atoms with Crippen LogP contribution in [0.5, 0.6) is 11.5 Å². The first kappa shape index (κ1) is 21.2. The zero-order chi connectivity index (χ0) is 20.6. The van der Waals surface area contributed by atoms with Crippen LogP contribution in [0.2, 0.25) is 0 Å². The SMILES string of the molecule is CCOc1cc(N2CCOCC2)c(OCC)cc1NC(=S)Nc1ccccc1C. The molecule has 0 spiro atoms. The molecule has 2 aromatic rings. The molecular weight excluding hydrogens is 386 g/mol. The van der Waals surface area contributed by atoms with E-state index >= 15 is 0 Å². The smallest absolute Gasteiger partial charge is 0.175 e. The molecule has 0 aliphatic carbocycles. The maximum absolute atomic E-state index is 5.94. The van der Waals surface area contributed by atoms with Crippen molar-refractivity contribution in [2.45, 2.75) is 20.8 Å². The molecule has 0 amide bonds. The summed E-state index contributed by atoms with van der Waals surface area (Å²) in [5.41, 5.74) is 3.89. The third kappa shape index (κ3) is 5.52. The number of thiocarbonyl (C=S) groups is 1. The lowest BCUT2D eigenvalue weighted by atomic mass is 10.2. The largest absolute Gasteiger partial charge is 0.492 e. The van der Waals surface area contributed by atoms with Gasteiger partial charge in [0.2, 0.25) is 0 Å². The van der Waals surface area contributed by atoms with Crippen LogP contribution < -0.4 is 25.0 Å². The first-order chi connectivity index (χ1) is 14.1. The number of hydrogen-bond acceptors (Lipinski definition) is 5. The van der Waals surface area contributed by atoms with Crippen LogP contribution >= 0.6 is 12.2 Å². The van der Waals surface area contributed by atoms with Crippen LogP contribution in [0, 0.1) is 6.92 Å². The van der Waals surface area contributed by atoms with Gasteiger partial charge in [-0.05, 0) is 44.6 Å². The molecule has 0 unspecified atom stereocenters. The van der Waals surface area contributed by atoms with E-state index in [-0.39, 0.29) is 0 Å². The van der Waals surface area contributed by atoms with Gasteiger partial charge < -0.3 is 29.7 Å². The molecule has 0 saturated carbocycles. The summed E-state index contributed by atoms with van der Waals surface area (Å²) in [5, 5.41) is 7.03. The zero-order valence-corrected chi connectivity index (χ0v) is 18.1. The molecule has 1 fully saturated rings. The highest BCUT2D eigenvalue weighted by molar-refractivity contribution is 7.80. The average Bonchev–Trinajstić information content (AvgIpc) is 2.72. The Hall–Kier alpha value is -2.51. The molecular formula is C22H29N3O3S. The predicted molar refractivity (Wildman–Crippen MR) is 123 cm³/mol. The summed E-state index contributed by atoms with van der Waals surface area (Å²) in [6, 6.07) is 12.0. The Labute approximate surface area is 178 Å². The quantitative estimate of drug-likeness (QED) is 0.649. The van der Waals surface area contributed by atoms with Gasteiger partial charge in [-0.2, -0.15) is 0 Å². The van der Waals surface area contributed by atoms with Crippen molar-refractivity contribution in [3.05, 3.63) is 42.0 Å². The van der Waals surface area contributed by atoms with Crippen LogP contribution in [0.4, 0.5) is 17.1 Å². The van der Waals surface area contributed by atoms with Crippen molar-refractivity contribution < 1.29 is 14.2 Å². The molecule has 1 heterocycles. The molecule has 156 valence electrons. The maximum atomic E-state index is 5.94. The van der Waals surface area contributed by atoms with Gasteiger partial charge in [0.25, 0.3) is 0 Å². The lowest BCUT2D eigenvalue weighted by Crippen LogP contribution is -2.36. The minimum atomic E-state index is 0.502. The van der Waals surface area contributed by atoms with Crippen molar-refractivity contribution in [1.82, 2.24) is 0 Å². The van der Waals surface area contributed by atoms with Gasteiger partial charge in [0, 0.05) is 30.9 Å². The molecule has 0 bridgehead atoms. The summed E-state index contributed by atoms with van der Waals surface area (Å²) < 4.78 is 17.3. The van der Waals surface area contributed by atoms with Crippen LogP contribution in [-0.2, 0) is 4.74 Å². The molecule has 3 rings (SSSR count). The van der Waals surface area contributed by atoms with Crippen LogP contribution in [0.1, 0.15) is 19.4 Å². The van der Waals surface area contributed by atoms with E-state index in [1.165, 1.54) is 0 Å². The van der Waals surface area contributed by atoms with Crippen LogP contribution in [0.25, 0.3) is 0 Å². The highest BCUT2D eigenvalue weighted by atomic mass is 32.1. The molecule has 1 aliphatic heterocycles. The number of rotatable bonds is 7. The lowest BCUT2D eigenvalue weighted by molar-refractivity contribution is 0.122. The highest BCUT2D eigenvalue weighted by Crippen LogP contribution is 2.39. The van der Waals surface area contributed by atoms with Crippen molar-refractivity contribution in [3.8, 4) is 11.5 Å². The van der Waals surface area contributed by atoms with E-state index in [1.807, 2.05) is 57.2 Å². The van der Waals surface area contributed by atoms with Gasteiger partial charge >= 0.3 is 0 Å². The molecule has 0 aromatic heterocycles. The molecule has 29 heavy (non-hydrogen) atoms. The summed E-state index contributed by atoms with van der Waals surface area (Å²) in [7, 11) is 0. The zero-order valence-electron chi connectivity index (χ0n) is 17.3. The minimum absolute atomic E-state index is 0.502. The number of benzene rings is 2. The van der Waals surface area contributed by atoms with Crippen LogP contribution in [0.3, 0.4) is 0 Å². The predicted octanol–water partition coefficient (Wildman–Crippen LogP) is 4.44. The van der Waals surface area contributed by atoms with Crippen LogP contribution in [-0.4, -0.2) is 44.6 Å². The second-order valence-electron chi connectivity index (χ2n) is 6.68. The van der Waals surface area contributed by atoms with Gasteiger partial charge in [0.05, 0.1) is 37.8 Å². The Morgan fingerprint density at radius 3 is 2.34 bits per heavy atom. The van der Waals surface area contributed by atoms with Gasteiger partial charge in [-0.25, -0.2) is 0 Å². The van der Waals surface area contributed by atoms with Crippen molar-refractivity contribution in [1.29, 1.82) is 0 Å². The van der Waals surface area contributed by atoms with Gasteiger partial charge in [-0.15, -0.1) is 0 Å². The highest BCUT2D eigenvalue weighted by Gasteiger charge is 2.20. The van der Waals surface area contributed by atoms with Gasteiger partial charge in [0.15, 0.2) is 5.11 Å². The normalized spacial score (nSPS) is 13.7. The lowest BCUT2D eigenvalue weighted by Gasteiger charge is -2.31. The van der Waals surface area contributed by atoms with E-state index in [2.05, 4.69) is 15.5 Å². The number of nitrogens with zero attached hydrogens (tertiary/aromatic N) is 1. The average molecular weight is 416 g/mol. The number of hydrogen-bond donors (Lipinski definition) is 2. The molecule has 2 aromatic carbocycles. The van der Waals surface area contributed by atoms with E-state index in [9.17, 15) is 0 Å². The Balaban J connectivity index is 1.86. The Kier molecular flexibility index (Phi) is 7.55. The summed E-state index contributed by atoms with van der Waals surface area (Å²) in [6.07, 6.45) is 0. The van der Waals surface area contributed by atoms with E-state index in [1.54, 1.807) is 0 Å². The Morgan fingerprint density at radius 1 is 1.00 bits per heavy atom. The number of morpholine rings is 1. The van der Waals surface area contributed by atoms with E-state index < -0.39 is 0 Å². The van der Waals surface area contributed by atoms with Gasteiger partial charge in [0.1, 0.15) is 11.5 Å². The summed E-state index contributed by atoms with van der Waals surface area (Å²) in [6.45, 7) is 10.2. The number of aryl methyl sites for hydroxylation is 1. The Bertz CT molecular complexity index is 838. The standard InChI is InChI=1S/C22H29N3O3S/c1-4-27-20-15-19(25-10-12-26-13-11-25)21(28-5-2)14-18(20)24-22(29)23-17-9-7-6-8-16(17)3/h6-9,14-15H,4-5,10-13H2,1-3H3,(H2,23,24,29). The molecule has 1 aliphatic rings. The number of para-hydroxylation sites is 1. The minimum Gasteiger partial charge on any atom is -0.492 e. The van der Waals surface area contributed by atoms with E-state index in [0.29, 0.717) is 31.5 Å². The number of anilines is 3. The first-order valence-electron chi connectivity index (χ1n) is 10.0. The molecule has 7 heteroatoms. The van der Waals surface area contributed by atoms with Crippen LogP contribution in [0.15, 0.2) is 36.4 Å². The summed E-state index contributed by atoms with van der Waals surface area (Å²) >= 11 is 5.54. The third-order valence-electron chi connectivity index (χ3n) is 4.65. The molecule has 0 atom stereocenters. The first-order valence-corrected chi connectivity index (χ1v) is 10.4. The van der Waals surface area contributed by atoms with Gasteiger partial charge in [-0.1, -0.05) is 18.2 Å². The fourth-order valence-corrected chi connectivity index (χ4v) is 3.45. The summed E-state index contributed by atoms with van der Waals surface area (Å²) in [4.78, 5) is 2.27. The van der Waals surface area contributed by atoms with Crippen molar-refractivity contribution in [3.63, 3.8) is 0 Å². The number of ether oxygens (including phenoxy) is 3. The fraction of sp³-hybridized carbons (Fsp3) is 0.409. The monoisotopic (exact) mass is 415 g/mol. The summed E-state index contributed by atoms with van der Waals surface area (Å²) in [5.74, 6) is 1.55. The second-order valence-corrected chi connectivity index (χ2v) is 7.08. The van der Waals surface area contributed by atoms with Crippen molar-refractivity contribution >= 4 is 34.4 Å². The second kappa shape index (κ2) is 10.3. The third-order valence-corrected chi connectivity index (χ3v) is 4.86. The molecule has 1 saturated heterocycles. The van der Waals surface area contributed by atoms with Crippen molar-refractivity contribution in [2.24, 2.45) is 0 Å². The molecule has 6 nitrogen and oxygen atoms in total. The van der Waals surface area contributed by atoms with Gasteiger partial charge in [-0.3, -0.25) is 0 Å². The topological polar surface area (TPSA) is 55.0 Å². The maximum Gasteiger partial charge on any atom is 0.175 e. The van der Waals surface area contributed by atoms with Crippen molar-refractivity contribution in [2.75, 3.05) is 55.1 Å². The molecule has 2 N–H and O–H groups in total. The number of nitrogens with one attached hydrogen (secondary N) is 2. The fourth-order valence-electron chi connectivity index (χ4n) is 3.23. The van der Waals surface area contributed by atoms with E-state index in [0.717, 1.165) is 47.2 Å². The Morgan fingerprint density at radius 2 is 1.66 bits per heavy atom. The molecule has 0 radical (unpaired) electrons.